The number of carboxylic acid groups (broad SMARTS) is 1. The largest absolute Gasteiger partial charge is 0.480 e. The van der Waals surface area contributed by atoms with Crippen LogP contribution >= 0.6 is 15.9 Å². The summed E-state index contributed by atoms with van der Waals surface area (Å²) in [5.41, 5.74) is 0. The van der Waals surface area contributed by atoms with Crippen molar-refractivity contribution in [2.45, 2.75) is 12.5 Å². The zero-order chi connectivity index (χ0) is 13.5. The fourth-order valence-electron chi connectivity index (χ4n) is 1.18. The van der Waals surface area contributed by atoms with Crippen molar-refractivity contribution in [3.05, 3.63) is 41.3 Å². The molecule has 0 bridgehead atoms. The number of carboxylic acids is 1. The van der Waals surface area contributed by atoms with Crippen molar-refractivity contribution in [2.24, 2.45) is 0 Å². The molecule has 18 heavy (non-hydrogen) atoms. The molecule has 5 nitrogen and oxygen atoms in total. The second-order valence-electron chi connectivity index (χ2n) is 3.40. The third-order valence-corrected chi connectivity index (χ3v) is 2.44. The number of rotatable bonds is 6. The first kappa shape index (κ1) is 14.2. The van der Waals surface area contributed by atoms with Gasteiger partial charge in [0.25, 0.3) is 0 Å². The molecule has 6 heteroatoms. The molecule has 1 heterocycles. The van der Waals surface area contributed by atoms with E-state index in [9.17, 15) is 9.59 Å². The molecule has 0 fully saturated rings. The van der Waals surface area contributed by atoms with Crippen molar-refractivity contribution in [3.8, 4) is 0 Å². The second kappa shape index (κ2) is 6.80. The average Bonchev–Trinajstić information content (AvgIpc) is 2.72. The van der Waals surface area contributed by atoms with E-state index in [0.717, 1.165) is 0 Å². The number of aliphatic carboxylic acids is 1. The van der Waals surface area contributed by atoms with Gasteiger partial charge >= 0.3 is 5.97 Å². The van der Waals surface area contributed by atoms with Crippen molar-refractivity contribution in [1.82, 2.24) is 5.32 Å². The summed E-state index contributed by atoms with van der Waals surface area (Å²) in [7, 11) is 0. The highest BCUT2D eigenvalue weighted by molar-refractivity contribution is 9.10. The Labute approximate surface area is 112 Å². The Morgan fingerprint density at radius 3 is 2.78 bits per heavy atom. The molecule has 1 amide bonds. The molecule has 0 aliphatic rings. The van der Waals surface area contributed by atoms with Gasteiger partial charge in [0, 0.05) is 6.08 Å². The maximum Gasteiger partial charge on any atom is 0.326 e. The lowest BCUT2D eigenvalue weighted by molar-refractivity contribution is -0.141. The molecule has 0 aromatic carbocycles. The molecule has 0 saturated carbocycles. The van der Waals surface area contributed by atoms with Gasteiger partial charge < -0.3 is 14.8 Å². The minimum Gasteiger partial charge on any atom is -0.480 e. The van der Waals surface area contributed by atoms with E-state index in [-0.39, 0.29) is 6.42 Å². The van der Waals surface area contributed by atoms with Crippen LogP contribution in [-0.4, -0.2) is 23.0 Å². The van der Waals surface area contributed by atoms with Crippen LogP contribution in [0, 0.1) is 0 Å². The number of carbonyl (C=O) groups is 2. The number of carbonyl (C=O) groups excluding carboxylic acids is 1. The summed E-state index contributed by atoms with van der Waals surface area (Å²) in [5.74, 6) is -1.11. The van der Waals surface area contributed by atoms with Gasteiger partial charge in [-0.3, -0.25) is 4.79 Å². The SMILES string of the molecule is C=CCC(NC(=O)/C=C/c1ccc(Br)o1)C(=O)O. The molecule has 1 rings (SSSR count). The fraction of sp³-hybridized carbons (Fsp3) is 0.167. The topological polar surface area (TPSA) is 79.5 Å². The van der Waals surface area contributed by atoms with Crippen LogP contribution < -0.4 is 5.32 Å². The second-order valence-corrected chi connectivity index (χ2v) is 4.18. The Balaban J connectivity index is 2.57. The minimum atomic E-state index is -1.10. The van der Waals surface area contributed by atoms with E-state index in [1.54, 1.807) is 12.1 Å². The van der Waals surface area contributed by atoms with Crippen LogP contribution in [0.25, 0.3) is 6.08 Å². The van der Waals surface area contributed by atoms with Crippen LogP contribution in [0.5, 0.6) is 0 Å². The predicted molar refractivity (Wildman–Crippen MR) is 69.8 cm³/mol. The summed E-state index contributed by atoms with van der Waals surface area (Å²) < 4.78 is 5.70. The number of nitrogens with one attached hydrogen (secondary N) is 1. The lowest BCUT2D eigenvalue weighted by Crippen LogP contribution is -2.39. The van der Waals surface area contributed by atoms with Crippen LogP contribution in [-0.2, 0) is 9.59 Å². The predicted octanol–water partition coefficient (Wildman–Crippen LogP) is 2.20. The normalized spacial score (nSPS) is 12.3. The molecule has 0 saturated heterocycles. The lowest BCUT2D eigenvalue weighted by atomic mass is 10.2. The highest BCUT2D eigenvalue weighted by Gasteiger charge is 2.16. The Kier molecular flexibility index (Phi) is 5.38. The summed E-state index contributed by atoms with van der Waals surface area (Å²) in [6.07, 6.45) is 4.27. The molecule has 96 valence electrons. The van der Waals surface area contributed by atoms with Crippen molar-refractivity contribution >= 4 is 33.9 Å². The van der Waals surface area contributed by atoms with Gasteiger partial charge in [0.2, 0.25) is 5.91 Å². The summed E-state index contributed by atoms with van der Waals surface area (Å²) in [4.78, 5) is 22.3. The molecule has 1 aromatic heterocycles. The van der Waals surface area contributed by atoms with Gasteiger partial charge in [-0.15, -0.1) is 6.58 Å². The van der Waals surface area contributed by atoms with Crippen molar-refractivity contribution in [3.63, 3.8) is 0 Å². The zero-order valence-electron chi connectivity index (χ0n) is 9.43. The molecule has 0 aliphatic carbocycles. The van der Waals surface area contributed by atoms with E-state index in [1.165, 1.54) is 18.2 Å². The van der Waals surface area contributed by atoms with E-state index in [2.05, 4.69) is 27.8 Å². The first-order valence-corrected chi connectivity index (χ1v) is 5.90. The zero-order valence-corrected chi connectivity index (χ0v) is 11.0. The monoisotopic (exact) mass is 313 g/mol. The fourth-order valence-corrected chi connectivity index (χ4v) is 1.50. The van der Waals surface area contributed by atoms with Gasteiger partial charge in [0.1, 0.15) is 11.8 Å². The first-order valence-electron chi connectivity index (χ1n) is 5.10. The Bertz CT molecular complexity index is 478. The maximum absolute atomic E-state index is 11.5. The highest BCUT2D eigenvalue weighted by atomic mass is 79.9. The van der Waals surface area contributed by atoms with Crippen LogP contribution in [0.4, 0.5) is 0 Å². The molecule has 0 spiro atoms. The summed E-state index contributed by atoms with van der Waals surface area (Å²) in [6.45, 7) is 3.43. The maximum atomic E-state index is 11.5. The molecule has 1 atom stereocenters. The quantitative estimate of drug-likeness (QED) is 0.623. The standard InChI is InChI=1S/C12H12BrNO4/c1-2-3-9(12(16)17)14-11(15)7-5-8-4-6-10(13)18-8/h2,4-7,9H,1,3H2,(H,14,15)(H,16,17)/b7-5+. The smallest absolute Gasteiger partial charge is 0.326 e. The van der Waals surface area contributed by atoms with Crippen molar-refractivity contribution < 1.29 is 19.1 Å². The third-order valence-electron chi connectivity index (χ3n) is 2.01. The van der Waals surface area contributed by atoms with Crippen molar-refractivity contribution in [2.75, 3.05) is 0 Å². The van der Waals surface area contributed by atoms with E-state index in [0.29, 0.717) is 10.4 Å². The van der Waals surface area contributed by atoms with Gasteiger partial charge in [-0.2, -0.15) is 0 Å². The van der Waals surface area contributed by atoms with Crippen LogP contribution in [0.3, 0.4) is 0 Å². The van der Waals surface area contributed by atoms with Gasteiger partial charge in [-0.05, 0) is 40.6 Å². The number of halogens is 1. The number of furan rings is 1. The van der Waals surface area contributed by atoms with E-state index in [4.69, 9.17) is 9.52 Å². The Hall–Kier alpha value is -1.82. The molecule has 1 aromatic rings. The molecule has 1 unspecified atom stereocenters. The first-order chi connectivity index (χ1) is 8.52. The van der Waals surface area contributed by atoms with Crippen LogP contribution in [0.15, 0.2) is 40.0 Å². The summed E-state index contributed by atoms with van der Waals surface area (Å²) in [6, 6.07) is 2.39. The Morgan fingerprint density at radius 2 is 2.28 bits per heavy atom. The summed E-state index contributed by atoms with van der Waals surface area (Å²) >= 11 is 3.13. The van der Waals surface area contributed by atoms with Gasteiger partial charge in [0.05, 0.1) is 0 Å². The van der Waals surface area contributed by atoms with E-state index >= 15 is 0 Å². The van der Waals surface area contributed by atoms with Gasteiger partial charge in [-0.1, -0.05) is 6.08 Å². The summed E-state index contributed by atoms with van der Waals surface area (Å²) in [5, 5.41) is 11.2. The van der Waals surface area contributed by atoms with E-state index < -0.39 is 17.9 Å². The lowest BCUT2D eigenvalue weighted by Gasteiger charge is -2.10. The third kappa shape index (κ3) is 4.58. The molecule has 0 radical (unpaired) electrons. The van der Waals surface area contributed by atoms with E-state index in [1.807, 2.05) is 0 Å². The molecular formula is C12H12BrNO4. The van der Waals surface area contributed by atoms with Gasteiger partial charge in [-0.25, -0.2) is 4.79 Å². The van der Waals surface area contributed by atoms with Crippen molar-refractivity contribution in [1.29, 1.82) is 0 Å². The minimum absolute atomic E-state index is 0.168. The Morgan fingerprint density at radius 1 is 1.56 bits per heavy atom. The average molecular weight is 314 g/mol. The number of amides is 1. The molecule has 2 N–H and O–H groups in total. The van der Waals surface area contributed by atoms with Gasteiger partial charge in [0.15, 0.2) is 4.67 Å². The molecule has 0 aliphatic heterocycles. The van der Waals surface area contributed by atoms with Crippen LogP contribution in [0.1, 0.15) is 12.2 Å². The number of hydrogen-bond acceptors (Lipinski definition) is 3. The number of hydrogen-bond donors (Lipinski definition) is 2. The van der Waals surface area contributed by atoms with Crippen LogP contribution in [0.2, 0.25) is 0 Å². The highest BCUT2D eigenvalue weighted by Crippen LogP contribution is 2.14. The molecular weight excluding hydrogens is 302 g/mol.